The van der Waals surface area contributed by atoms with E-state index in [1.165, 1.54) is 42.6 Å². The number of nitrogens with one attached hydrogen (secondary N) is 1. The third-order valence-corrected chi connectivity index (χ3v) is 7.44. The maximum atomic E-state index is 14.5. The van der Waals surface area contributed by atoms with Crippen LogP contribution < -0.4 is 15.1 Å². The van der Waals surface area contributed by atoms with Crippen LogP contribution in [-0.4, -0.2) is 40.7 Å². The number of nitriles is 1. The van der Waals surface area contributed by atoms with Crippen molar-refractivity contribution in [3.63, 3.8) is 0 Å². The van der Waals surface area contributed by atoms with Gasteiger partial charge in [0.2, 0.25) is 11.8 Å². The highest BCUT2D eigenvalue weighted by atomic mass is 35.5. The monoisotopic (exact) mass is 581 g/mol. The maximum Gasteiger partial charge on any atom is 0.252 e. The fraction of sp³-hybridized carbons (Fsp3) is 0.276. The second kappa shape index (κ2) is 11.2. The summed E-state index contributed by atoms with van der Waals surface area (Å²) in [5, 5.41) is 12.3. The van der Waals surface area contributed by atoms with Gasteiger partial charge in [-0.1, -0.05) is 35.9 Å². The Balaban J connectivity index is 1.62. The van der Waals surface area contributed by atoms with Gasteiger partial charge in [0.1, 0.15) is 24.0 Å². The molecule has 0 radical (unpaired) electrons. The van der Waals surface area contributed by atoms with Crippen LogP contribution in [0.25, 0.3) is 0 Å². The number of nitrogens with zero attached hydrogens (tertiary/aromatic N) is 4. The van der Waals surface area contributed by atoms with E-state index >= 15 is 0 Å². The Morgan fingerprint density at radius 3 is 2.59 bits per heavy atom. The van der Waals surface area contributed by atoms with Crippen LogP contribution in [0, 0.1) is 17.1 Å². The first-order valence-corrected chi connectivity index (χ1v) is 13.2. The van der Waals surface area contributed by atoms with Crippen LogP contribution in [0.3, 0.4) is 0 Å². The van der Waals surface area contributed by atoms with Gasteiger partial charge in [0.15, 0.2) is 5.82 Å². The van der Waals surface area contributed by atoms with Crippen molar-refractivity contribution in [2.45, 2.75) is 49.7 Å². The highest BCUT2D eigenvalue weighted by Crippen LogP contribution is 2.40. The highest BCUT2D eigenvalue weighted by molar-refractivity contribution is 6.31. The summed E-state index contributed by atoms with van der Waals surface area (Å²) >= 11 is 6.48. The van der Waals surface area contributed by atoms with Gasteiger partial charge >= 0.3 is 0 Å². The number of anilines is 2. The van der Waals surface area contributed by atoms with Crippen LogP contribution in [0.2, 0.25) is 5.02 Å². The zero-order valence-electron chi connectivity index (χ0n) is 21.4. The van der Waals surface area contributed by atoms with E-state index < -0.39 is 60.4 Å². The van der Waals surface area contributed by atoms with E-state index in [1.807, 2.05) is 6.07 Å². The van der Waals surface area contributed by atoms with Crippen molar-refractivity contribution in [3.8, 4) is 6.07 Å². The molecule has 2 fully saturated rings. The Hall–Kier alpha value is -4.43. The molecule has 3 aromatic rings. The van der Waals surface area contributed by atoms with Crippen LogP contribution >= 0.6 is 11.6 Å². The molecule has 2 aliphatic rings. The predicted molar refractivity (Wildman–Crippen MR) is 144 cm³/mol. The molecule has 2 atom stereocenters. The smallest absolute Gasteiger partial charge is 0.252 e. The van der Waals surface area contributed by atoms with Crippen LogP contribution in [0.4, 0.5) is 24.7 Å². The average molecular weight is 582 g/mol. The molecular weight excluding hydrogens is 559 g/mol. The van der Waals surface area contributed by atoms with E-state index in [2.05, 4.69) is 10.3 Å². The molecule has 0 bridgehead atoms. The molecule has 8 nitrogen and oxygen atoms in total. The molecule has 1 saturated heterocycles. The predicted octanol–water partition coefficient (Wildman–Crippen LogP) is 4.93. The lowest BCUT2D eigenvalue weighted by molar-refractivity contribution is -0.133. The van der Waals surface area contributed by atoms with E-state index in [9.17, 15) is 32.8 Å². The van der Waals surface area contributed by atoms with Gasteiger partial charge in [0.05, 0.1) is 5.56 Å². The molecule has 5 rings (SSSR count). The average Bonchev–Trinajstić information content (AvgIpc) is 3.31. The van der Waals surface area contributed by atoms with Crippen LogP contribution in [-0.2, 0) is 14.4 Å². The second-order valence-corrected chi connectivity index (χ2v) is 10.3. The number of hydrogen-bond donors (Lipinski definition) is 1. The number of carbonyl (C=O) groups excluding carboxylic acids is 3. The standard InChI is InChI=1S/C29H23ClF3N5O3/c30-22-9-2-1-8-21(22)25(27(40)36-19-14-29(32,33)15-19)37(20-7-3-6-18(31)13-20)28(41)23-10-11-24(39)38(23)26-17(16-34)5-4-12-35-26/h1-9,12-13,19,23,25H,10-11,14-15H2,(H,36,40). The lowest BCUT2D eigenvalue weighted by Gasteiger charge is -2.39. The fourth-order valence-electron chi connectivity index (χ4n) is 5.19. The van der Waals surface area contributed by atoms with Gasteiger partial charge in [-0.15, -0.1) is 0 Å². The van der Waals surface area contributed by atoms with Crippen molar-refractivity contribution in [1.29, 1.82) is 5.26 Å². The molecule has 2 unspecified atom stereocenters. The Morgan fingerprint density at radius 2 is 1.90 bits per heavy atom. The van der Waals surface area contributed by atoms with Gasteiger partial charge in [0, 0.05) is 47.8 Å². The normalized spacial score (nSPS) is 18.8. The number of alkyl halides is 2. The van der Waals surface area contributed by atoms with Crippen LogP contribution in [0.1, 0.15) is 42.9 Å². The summed E-state index contributed by atoms with van der Waals surface area (Å²) in [7, 11) is 0. The first-order chi connectivity index (χ1) is 19.6. The van der Waals surface area contributed by atoms with Crippen molar-refractivity contribution >= 4 is 40.8 Å². The summed E-state index contributed by atoms with van der Waals surface area (Å²) in [6.07, 6.45) is 0.223. The molecule has 2 aromatic carbocycles. The minimum absolute atomic E-state index is 0.0187. The summed E-state index contributed by atoms with van der Waals surface area (Å²) in [5.41, 5.74) is 0.209. The van der Waals surface area contributed by atoms with Gasteiger partial charge in [-0.05, 0) is 42.8 Å². The molecule has 1 aromatic heterocycles. The highest BCUT2D eigenvalue weighted by Gasteiger charge is 2.48. The van der Waals surface area contributed by atoms with Crippen molar-refractivity contribution in [2.24, 2.45) is 0 Å². The molecule has 1 aliphatic heterocycles. The number of rotatable bonds is 7. The zero-order valence-corrected chi connectivity index (χ0v) is 22.2. The summed E-state index contributed by atoms with van der Waals surface area (Å²) < 4.78 is 41.7. The molecule has 1 saturated carbocycles. The molecular formula is C29H23ClF3N5O3. The molecule has 41 heavy (non-hydrogen) atoms. The minimum Gasteiger partial charge on any atom is -0.351 e. The van der Waals surface area contributed by atoms with Gasteiger partial charge in [-0.3, -0.25) is 24.2 Å². The molecule has 2 heterocycles. The second-order valence-electron chi connectivity index (χ2n) is 9.89. The Kier molecular flexibility index (Phi) is 7.69. The number of pyridine rings is 1. The van der Waals surface area contributed by atoms with Gasteiger partial charge in [0.25, 0.3) is 11.8 Å². The van der Waals surface area contributed by atoms with E-state index in [0.29, 0.717) is 0 Å². The number of hydrogen-bond acceptors (Lipinski definition) is 5. The van der Waals surface area contributed by atoms with Crippen molar-refractivity contribution < 1.29 is 27.6 Å². The topological polar surface area (TPSA) is 106 Å². The third-order valence-electron chi connectivity index (χ3n) is 7.10. The quantitative estimate of drug-likeness (QED) is 0.426. The van der Waals surface area contributed by atoms with E-state index in [0.717, 1.165) is 21.9 Å². The molecule has 12 heteroatoms. The van der Waals surface area contributed by atoms with E-state index in [1.54, 1.807) is 12.1 Å². The minimum atomic E-state index is -2.91. The zero-order chi connectivity index (χ0) is 29.3. The van der Waals surface area contributed by atoms with Crippen molar-refractivity contribution in [1.82, 2.24) is 10.3 Å². The van der Waals surface area contributed by atoms with Gasteiger partial charge in [-0.25, -0.2) is 18.2 Å². The van der Waals surface area contributed by atoms with Crippen LogP contribution in [0.5, 0.6) is 0 Å². The molecule has 3 amide bonds. The van der Waals surface area contributed by atoms with Gasteiger partial charge < -0.3 is 5.32 Å². The number of carbonyl (C=O) groups is 3. The molecule has 0 spiro atoms. The molecule has 1 aliphatic carbocycles. The largest absolute Gasteiger partial charge is 0.351 e. The first-order valence-electron chi connectivity index (χ1n) is 12.8. The number of aromatic nitrogens is 1. The summed E-state index contributed by atoms with van der Waals surface area (Å²) in [4.78, 5) is 47.6. The van der Waals surface area contributed by atoms with E-state index in [-0.39, 0.29) is 40.5 Å². The fourth-order valence-corrected chi connectivity index (χ4v) is 5.43. The third kappa shape index (κ3) is 5.60. The Labute approximate surface area is 238 Å². The molecule has 210 valence electrons. The molecule has 1 N–H and O–H groups in total. The number of amides is 3. The summed E-state index contributed by atoms with van der Waals surface area (Å²) in [6.45, 7) is 0. The first kappa shape index (κ1) is 28.1. The van der Waals surface area contributed by atoms with Crippen LogP contribution in [0.15, 0.2) is 66.9 Å². The number of benzene rings is 2. The lowest BCUT2D eigenvalue weighted by atomic mass is 9.87. The lowest BCUT2D eigenvalue weighted by Crippen LogP contribution is -2.56. The maximum absolute atomic E-state index is 14.5. The Morgan fingerprint density at radius 1 is 1.15 bits per heavy atom. The summed E-state index contributed by atoms with van der Waals surface area (Å²) in [6, 6.07) is 12.5. The SMILES string of the molecule is N#Cc1cccnc1N1C(=O)CCC1C(=O)N(c1cccc(F)c1)C(C(=O)NC1CC(F)(F)C1)c1ccccc1Cl. The van der Waals surface area contributed by atoms with E-state index in [4.69, 9.17) is 11.6 Å². The van der Waals surface area contributed by atoms with Crippen molar-refractivity contribution in [3.05, 3.63) is 88.8 Å². The van der Waals surface area contributed by atoms with Crippen molar-refractivity contribution in [2.75, 3.05) is 9.80 Å². The summed E-state index contributed by atoms with van der Waals surface area (Å²) in [5.74, 6) is -5.67. The Bertz CT molecular complexity index is 1550. The number of halogens is 4. The van der Waals surface area contributed by atoms with Gasteiger partial charge in [-0.2, -0.15) is 5.26 Å².